The van der Waals surface area contributed by atoms with Gasteiger partial charge in [-0.25, -0.2) is 0 Å². The van der Waals surface area contributed by atoms with Crippen LogP contribution >= 0.6 is 0 Å². The van der Waals surface area contributed by atoms with Crippen molar-refractivity contribution in [3.63, 3.8) is 0 Å². The van der Waals surface area contributed by atoms with E-state index in [4.69, 9.17) is 0 Å². The molecule has 5 heteroatoms. The molecule has 0 spiro atoms. The van der Waals surface area contributed by atoms with Crippen molar-refractivity contribution in [3.05, 3.63) is 0 Å². The van der Waals surface area contributed by atoms with E-state index in [-0.39, 0.29) is 17.9 Å². The van der Waals surface area contributed by atoms with Crippen molar-refractivity contribution in [1.29, 1.82) is 0 Å². The number of carboxylic acids is 1. The van der Waals surface area contributed by atoms with Crippen LogP contribution in [0.2, 0.25) is 0 Å². The number of aliphatic hydroxyl groups excluding tert-OH is 1. The van der Waals surface area contributed by atoms with E-state index < -0.39 is 11.9 Å². The predicted molar refractivity (Wildman–Crippen MR) is 64.8 cm³/mol. The molecule has 1 heterocycles. The molecule has 2 fully saturated rings. The van der Waals surface area contributed by atoms with E-state index in [9.17, 15) is 19.8 Å². The van der Waals surface area contributed by atoms with Crippen LogP contribution in [0.25, 0.3) is 0 Å². The highest BCUT2D eigenvalue weighted by molar-refractivity contribution is 5.85. The zero-order valence-corrected chi connectivity index (χ0v) is 10.7. The van der Waals surface area contributed by atoms with Crippen LogP contribution in [0.3, 0.4) is 0 Å². The minimum absolute atomic E-state index is 0.0290. The van der Waals surface area contributed by atoms with E-state index in [1.165, 1.54) is 0 Å². The standard InChI is InChI=1S/C13H21NO4/c1-8-6-10(11(7-8)13(17)18)12(16)14-4-2-9(15)3-5-14/h8-11,15H,2-7H2,1H3,(H,17,18). The fraction of sp³-hybridized carbons (Fsp3) is 0.846. The summed E-state index contributed by atoms with van der Waals surface area (Å²) in [6.07, 6.45) is 2.17. The van der Waals surface area contributed by atoms with Gasteiger partial charge >= 0.3 is 5.97 Å². The molecule has 2 rings (SSSR count). The molecule has 1 amide bonds. The SMILES string of the molecule is CC1CC(C(=O)O)C(C(=O)N2CCC(O)CC2)C1. The number of carboxylic acid groups (broad SMARTS) is 1. The lowest BCUT2D eigenvalue weighted by molar-refractivity contribution is -0.149. The van der Waals surface area contributed by atoms with Gasteiger partial charge in [-0.15, -0.1) is 0 Å². The monoisotopic (exact) mass is 255 g/mol. The number of hydrogen-bond acceptors (Lipinski definition) is 3. The molecule has 102 valence electrons. The number of rotatable bonds is 2. The maximum absolute atomic E-state index is 12.3. The molecule has 18 heavy (non-hydrogen) atoms. The van der Waals surface area contributed by atoms with Gasteiger partial charge in [0.25, 0.3) is 0 Å². The van der Waals surface area contributed by atoms with Gasteiger partial charge in [-0.1, -0.05) is 6.92 Å². The number of hydrogen-bond donors (Lipinski definition) is 2. The number of carbonyl (C=O) groups excluding carboxylic acids is 1. The highest BCUT2D eigenvalue weighted by Crippen LogP contribution is 2.37. The van der Waals surface area contributed by atoms with Crippen LogP contribution in [0.1, 0.15) is 32.6 Å². The van der Waals surface area contributed by atoms with Crippen LogP contribution in [0.5, 0.6) is 0 Å². The Morgan fingerprint density at radius 3 is 2.22 bits per heavy atom. The van der Waals surface area contributed by atoms with Gasteiger partial charge in [0, 0.05) is 13.1 Å². The molecule has 0 aromatic rings. The van der Waals surface area contributed by atoms with Gasteiger partial charge in [0.05, 0.1) is 17.9 Å². The third kappa shape index (κ3) is 2.66. The Kier molecular flexibility index (Phi) is 3.90. The molecule has 3 atom stereocenters. The number of aliphatic carboxylic acids is 1. The molecule has 0 aromatic heterocycles. The minimum atomic E-state index is -0.852. The van der Waals surface area contributed by atoms with E-state index in [0.717, 1.165) is 0 Å². The van der Waals surface area contributed by atoms with Crippen molar-refractivity contribution in [3.8, 4) is 0 Å². The summed E-state index contributed by atoms with van der Waals surface area (Å²) in [6, 6.07) is 0. The number of nitrogens with zero attached hydrogens (tertiary/aromatic N) is 1. The van der Waals surface area contributed by atoms with E-state index in [1.807, 2.05) is 6.92 Å². The van der Waals surface area contributed by atoms with Crippen molar-refractivity contribution >= 4 is 11.9 Å². The Morgan fingerprint density at radius 1 is 1.11 bits per heavy atom. The molecule has 2 aliphatic rings. The quantitative estimate of drug-likeness (QED) is 0.762. The Balaban J connectivity index is 2.01. The van der Waals surface area contributed by atoms with Crippen LogP contribution in [-0.2, 0) is 9.59 Å². The molecular formula is C13H21NO4. The second-order valence-electron chi connectivity index (χ2n) is 5.68. The van der Waals surface area contributed by atoms with Gasteiger partial charge < -0.3 is 15.1 Å². The maximum Gasteiger partial charge on any atom is 0.307 e. The molecule has 2 N–H and O–H groups in total. The maximum atomic E-state index is 12.3. The summed E-state index contributed by atoms with van der Waals surface area (Å²) in [6.45, 7) is 3.11. The average molecular weight is 255 g/mol. The van der Waals surface area contributed by atoms with Gasteiger partial charge in [-0.3, -0.25) is 9.59 Å². The second-order valence-corrected chi connectivity index (χ2v) is 5.68. The van der Waals surface area contributed by atoms with Crippen molar-refractivity contribution < 1.29 is 19.8 Å². The molecule has 1 aliphatic heterocycles. The lowest BCUT2D eigenvalue weighted by Crippen LogP contribution is -2.44. The average Bonchev–Trinajstić information content (AvgIpc) is 2.71. The predicted octanol–water partition coefficient (Wildman–Crippen LogP) is 0.717. The number of aliphatic hydroxyl groups is 1. The number of likely N-dealkylation sites (tertiary alicyclic amines) is 1. The summed E-state index contributed by atoms with van der Waals surface area (Å²) in [5.41, 5.74) is 0. The lowest BCUT2D eigenvalue weighted by Gasteiger charge is -2.32. The van der Waals surface area contributed by atoms with Gasteiger partial charge in [0.2, 0.25) is 5.91 Å². The molecule has 1 saturated carbocycles. The Labute approximate surface area is 107 Å². The van der Waals surface area contributed by atoms with Crippen LogP contribution in [0, 0.1) is 17.8 Å². The van der Waals surface area contributed by atoms with E-state index in [1.54, 1.807) is 4.90 Å². The molecule has 1 aliphatic carbocycles. The Bertz CT molecular complexity index is 336. The summed E-state index contributed by atoms with van der Waals surface area (Å²) < 4.78 is 0. The molecule has 0 radical (unpaired) electrons. The van der Waals surface area contributed by atoms with E-state index in [2.05, 4.69) is 0 Å². The fourth-order valence-electron chi connectivity index (χ4n) is 3.16. The third-order valence-electron chi connectivity index (χ3n) is 4.21. The number of carbonyl (C=O) groups is 2. The van der Waals surface area contributed by atoms with Gasteiger partial charge in [-0.05, 0) is 31.6 Å². The molecule has 3 unspecified atom stereocenters. The van der Waals surface area contributed by atoms with Crippen LogP contribution in [-0.4, -0.2) is 46.2 Å². The highest BCUT2D eigenvalue weighted by atomic mass is 16.4. The zero-order valence-electron chi connectivity index (χ0n) is 10.7. The first-order chi connectivity index (χ1) is 8.49. The number of amides is 1. The van der Waals surface area contributed by atoms with Crippen LogP contribution < -0.4 is 0 Å². The molecule has 0 aromatic carbocycles. The second kappa shape index (κ2) is 5.26. The minimum Gasteiger partial charge on any atom is -0.481 e. The smallest absolute Gasteiger partial charge is 0.307 e. The van der Waals surface area contributed by atoms with Crippen LogP contribution in [0.15, 0.2) is 0 Å². The van der Waals surface area contributed by atoms with E-state index >= 15 is 0 Å². The van der Waals surface area contributed by atoms with E-state index in [0.29, 0.717) is 44.7 Å². The van der Waals surface area contributed by atoms with Gasteiger partial charge in [0.1, 0.15) is 0 Å². The van der Waals surface area contributed by atoms with Crippen molar-refractivity contribution in [2.24, 2.45) is 17.8 Å². The van der Waals surface area contributed by atoms with Crippen molar-refractivity contribution in [2.75, 3.05) is 13.1 Å². The van der Waals surface area contributed by atoms with Gasteiger partial charge in [-0.2, -0.15) is 0 Å². The summed E-state index contributed by atoms with van der Waals surface area (Å²) in [4.78, 5) is 25.3. The Morgan fingerprint density at radius 2 is 1.67 bits per heavy atom. The first kappa shape index (κ1) is 13.3. The van der Waals surface area contributed by atoms with Crippen molar-refractivity contribution in [2.45, 2.75) is 38.7 Å². The summed E-state index contributed by atoms with van der Waals surface area (Å²) in [7, 11) is 0. The zero-order chi connectivity index (χ0) is 13.3. The molecular weight excluding hydrogens is 234 g/mol. The number of piperidine rings is 1. The third-order valence-corrected chi connectivity index (χ3v) is 4.21. The highest BCUT2D eigenvalue weighted by Gasteiger charge is 2.43. The van der Waals surface area contributed by atoms with Crippen molar-refractivity contribution in [1.82, 2.24) is 4.90 Å². The first-order valence-corrected chi connectivity index (χ1v) is 6.68. The molecule has 5 nitrogen and oxygen atoms in total. The first-order valence-electron chi connectivity index (χ1n) is 6.68. The lowest BCUT2D eigenvalue weighted by atomic mass is 9.93. The largest absolute Gasteiger partial charge is 0.481 e. The summed E-state index contributed by atoms with van der Waals surface area (Å²) in [5, 5.41) is 18.6. The van der Waals surface area contributed by atoms with Crippen LogP contribution in [0.4, 0.5) is 0 Å². The fourth-order valence-corrected chi connectivity index (χ4v) is 3.16. The van der Waals surface area contributed by atoms with Gasteiger partial charge in [0.15, 0.2) is 0 Å². The topological polar surface area (TPSA) is 77.8 Å². The molecule has 1 saturated heterocycles. The Hall–Kier alpha value is -1.10. The summed E-state index contributed by atoms with van der Waals surface area (Å²) >= 11 is 0. The normalized spacial score (nSPS) is 33.7. The summed E-state index contributed by atoms with van der Waals surface area (Å²) in [5.74, 6) is -1.48. The molecule has 0 bridgehead atoms.